The van der Waals surface area contributed by atoms with Crippen LogP contribution in [0.5, 0.6) is 0 Å². The Labute approximate surface area is 71.6 Å². The monoisotopic (exact) mass is 374 g/mol. The first-order chi connectivity index (χ1) is 4.02. The molecule has 0 saturated carbocycles. The topological polar surface area (TPSA) is 3.24 Å². The Bertz CT molecular complexity index is 78.4. The van der Waals surface area contributed by atoms with E-state index in [9.17, 15) is 0 Å². The average molecular weight is 375 g/mol. The summed E-state index contributed by atoms with van der Waals surface area (Å²) in [5, 5.41) is 0. The molecule has 5 heteroatoms. The van der Waals surface area contributed by atoms with Gasteiger partial charge in [0.1, 0.15) is 0 Å². The van der Waals surface area contributed by atoms with E-state index in [4.69, 9.17) is 27.6 Å². The normalized spacial score (nSPS) is 14.4. The van der Waals surface area contributed by atoms with Crippen LogP contribution in [0.2, 0.25) is 0 Å². The maximum atomic E-state index is 5.73. The maximum absolute atomic E-state index is 5.73. The summed E-state index contributed by atoms with van der Waals surface area (Å²) >= 11 is -2.86. The predicted molar refractivity (Wildman–Crippen MR) is 40.5 cm³/mol. The number of rotatable bonds is 3. The molecule has 0 aliphatic rings. The van der Waals surface area contributed by atoms with Crippen LogP contribution in [0.3, 0.4) is 0 Å². The van der Waals surface area contributed by atoms with E-state index in [0.717, 1.165) is 13.1 Å². The molecule has 0 heterocycles. The van der Waals surface area contributed by atoms with E-state index in [1.54, 1.807) is 0 Å². The molecule has 0 aliphatic carbocycles. The minimum atomic E-state index is -2.86. The molecular weight excluding hydrogens is 365 g/mol. The van der Waals surface area contributed by atoms with E-state index in [1.165, 1.54) is 0 Å². The summed E-state index contributed by atoms with van der Waals surface area (Å²) in [4.78, 5) is 0. The molecule has 0 unspecified atom stereocenters. The van der Waals surface area contributed by atoms with E-state index in [1.807, 2.05) is 17.2 Å². The van der Waals surface area contributed by atoms with Crippen LogP contribution < -0.4 is 0 Å². The van der Waals surface area contributed by atoms with Gasteiger partial charge in [-0.15, -0.1) is 0 Å². The fraction of sp³-hybridized carbons (Fsp3) is 1.00. The van der Waals surface area contributed by atoms with Crippen molar-refractivity contribution in [2.24, 2.45) is 0 Å². The quantitative estimate of drug-likeness (QED) is 0.686. The molecule has 0 radical (unpaired) electrons. The second kappa shape index (κ2) is 4.45. The van der Waals surface area contributed by atoms with Crippen molar-refractivity contribution in [2.45, 2.75) is 13.8 Å². The Morgan fingerprint density at radius 3 is 1.44 bits per heavy atom. The van der Waals surface area contributed by atoms with Gasteiger partial charge in [0.2, 0.25) is 0 Å². The minimum absolute atomic E-state index is 0.834. The SMILES string of the molecule is CC[N](CC)[Au]([Cl])([Cl])[Cl]. The summed E-state index contributed by atoms with van der Waals surface area (Å²) in [7, 11) is 17.2. The molecule has 0 aromatic heterocycles. The molecular formula is C4H10AuCl3N. The van der Waals surface area contributed by atoms with Crippen LogP contribution in [-0.4, -0.2) is 16.4 Å². The third-order valence-corrected chi connectivity index (χ3v) is 7.32. The first-order valence-corrected chi connectivity index (χ1v) is 11.5. The Kier molecular flexibility index (Phi) is 5.22. The van der Waals surface area contributed by atoms with Crippen LogP contribution in [0.1, 0.15) is 13.8 Å². The predicted octanol–water partition coefficient (Wildman–Crippen LogP) is 2.86. The number of halogens is 3. The van der Waals surface area contributed by atoms with Gasteiger partial charge in [-0.05, 0) is 0 Å². The fourth-order valence-corrected chi connectivity index (χ4v) is 5.53. The molecule has 9 heavy (non-hydrogen) atoms. The van der Waals surface area contributed by atoms with Gasteiger partial charge in [0, 0.05) is 0 Å². The van der Waals surface area contributed by atoms with Crippen LogP contribution in [-0.2, 0) is 14.1 Å². The Morgan fingerprint density at radius 1 is 1.11 bits per heavy atom. The second-order valence-corrected chi connectivity index (χ2v) is 15.7. The van der Waals surface area contributed by atoms with Gasteiger partial charge in [0.15, 0.2) is 0 Å². The number of hydrogen-bond donors (Lipinski definition) is 0. The molecule has 63 valence electrons. The third kappa shape index (κ3) is 4.10. The molecule has 0 aliphatic heterocycles. The second-order valence-electron chi connectivity index (χ2n) is 1.33. The molecule has 0 aromatic rings. The van der Waals surface area contributed by atoms with Crippen molar-refractivity contribution in [3.05, 3.63) is 0 Å². The van der Waals surface area contributed by atoms with E-state index in [0.29, 0.717) is 0 Å². The standard InChI is InChI=1S/C4H10N.Au.3ClH/c1-3-5-4-2;;;;/h3-4H2,1-2H3;;3*1H/q-1;+4;;;/p-3. The molecule has 0 aromatic carbocycles. The van der Waals surface area contributed by atoms with Gasteiger partial charge in [-0.1, -0.05) is 0 Å². The van der Waals surface area contributed by atoms with Crippen molar-refractivity contribution in [1.82, 2.24) is 3.30 Å². The van der Waals surface area contributed by atoms with Crippen molar-refractivity contribution in [2.75, 3.05) is 13.1 Å². The Hall–Kier alpha value is 1.57. The Balaban J connectivity index is 3.79. The molecule has 0 fully saturated rings. The van der Waals surface area contributed by atoms with Crippen LogP contribution in [0.4, 0.5) is 0 Å². The van der Waals surface area contributed by atoms with Gasteiger partial charge in [0.25, 0.3) is 0 Å². The number of nitrogens with zero attached hydrogens (tertiary/aromatic N) is 1. The molecule has 0 spiro atoms. The zero-order valence-corrected chi connectivity index (χ0v) is 9.73. The van der Waals surface area contributed by atoms with Crippen LogP contribution in [0.25, 0.3) is 0 Å². The molecule has 0 saturated heterocycles. The van der Waals surface area contributed by atoms with Crippen LogP contribution >= 0.6 is 27.6 Å². The van der Waals surface area contributed by atoms with E-state index in [-0.39, 0.29) is 0 Å². The summed E-state index contributed by atoms with van der Waals surface area (Å²) in [6, 6.07) is 0. The summed E-state index contributed by atoms with van der Waals surface area (Å²) in [6.07, 6.45) is 0. The van der Waals surface area contributed by atoms with E-state index >= 15 is 0 Å². The van der Waals surface area contributed by atoms with Gasteiger partial charge in [-0.25, -0.2) is 0 Å². The molecule has 0 amide bonds. The molecule has 0 atom stereocenters. The van der Waals surface area contributed by atoms with Gasteiger partial charge in [-0.3, -0.25) is 0 Å². The molecule has 0 bridgehead atoms. The van der Waals surface area contributed by atoms with Crippen LogP contribution in [0, 0.1) is 0 Å². The summed E-state index contributed by atoms with van der Waals surface area (Å²) in [5.41, 5.74) is 0. The van der Waals surface area contributed by atoms with E-state index in [2.05, 4.69) is 0 Å². The van der Waals surface area contributed by atoms with Crippen molar-refractivity contribution >= 4 is 27.6 Å². The first kappa shape index (κ1) is 10.6. The van der Waals surface area contributed by atoms with Gasteiger partial charge in [0.05, 0.1) is 0 Å². The van der Waals surface area contributed by atoms with Gasteiger partial charge >= 0.3 is 72.0 Å². The summed E-state index contributed by atoms with van der Waals surface area (Å²) in [6.45, 7) is 5.65. The van der Waals surface area contributed by atoms with Gasteiger partial charge in [-0.2, -0.15) is 0 Å². The van der Waals surface area contributed by atoms with Crippen molar-refractivity contribution < 1.29 is 14.1 Å². The Morgan fingerprint density at radius 2 is 1.44 bits per heavy atom. The first-order valence-electron chi connectivity index (χ1n) is 2.52. The third-order valence-electron chi connectivity index (χ3n) is 0.854. The molecule has 1 nitrogen and oxygen atoms in total. The van der Waals surface area contributed by atoms with Crippen molar-refractivity contribution in [3.63, 3.8) is 0 Å². The van der Waals surface area contributed by atoms with Gasteiger partial charge < -0.3 is 0 Å². The zero-order valence-electron chi connectivity index (χ0n) is 5.30. The fourth-order valence-electron chi connectivity index (χ4n) is 0.440. The van der Waals surface area contributed by atoms with E-state index < -0.39 is 14.1 Å². The molecule has 0 N–H and O–H groups in total. The zero-order chi connectivity index (χ0) is 7.49. The number of hydrogen-bond acceptors (Lipinski definition) is 1. The van der Waals surface area contributed by atoms with Crippen molar-refractivity contribution in [1.29, 1.82) is 0 Å². The average Bonchev–Trinajstić information content (AvgIpc) is 1.65. The van der Waals surface area contributed by atoms with Crippen LogP contribution in [0.15, 0.2) is 0 Å². The molecule has 0 rings (SSSR count). The van der Waals surface area contributed by atoms with Crippen molar-refractivity contribution in [3.8, 4) is 0 Å². The summed E-state index contributed by atoms with van der Waals surface area (Å²) < 4.78 is 1.91. The summed E-state index contributed by atoms with van der Waals surface area (Å²) in [5.74, 6) is 0.